The summed E-state index contributed by atoms with van der Waals surface area (Å²) in [6, 6.07) is 0. The van der Waals surface area contributed by atoms with Gasteiger partial charge in [-0.2, -0.15) is 5.26 Å². The number of nitriles is 1. The first-order valence-corrected chi connectivity index (χ1v) is 3.79. The van der Waals surface area contributed by atoms with E-state index in [-0.39, 0.29) is 0 Å². The molecule has 1 heterocycles. The normalized spacial score (nSPS) is 17.3. The number of hydrogen-bond acceptors (Lipinski definition) is 4. The Kier molecular flexibility index (Phi) is 1.50. The van der Waals surface area contributed by atoms with Crippen molar-refractivity contribution in [1.82, 2.24) is 4.31 Å². The average Bonchev–Trinajstić information content (AvgIpc) is 2.14. The lowest BCUT2D eigenvalue weighted by Crippen LogP contribution is -1.88. The molecule has 0 amide bonds. The van der Waals surface area contributed by atoms with Gasteiger partial charge in [0.1, 0.15) is 0 Å². The van der Waals surface area contributed by atoms with Gasteiger partial charge in [0.2, 0.25) is 0 Å². The van der Waals surface area contributed by atoms with Gasteiger partial charge in [0.05, 0.1) is 0 Å². The minimum Gasteiger partial charge on any atom is -0.217 e. The molecule has 0 bridgehead atoms. The van der Waals surface area contributed by atoms with Crippen LogP contribution in [-0.4, -0.2) is 4.31 Å². The van der Waals surface area contributed by atoms with Crippen LogP contribution in [0.4, 0.5) is 0 Å². The molecule has 0 unspecified atom stereocenters. The van der Waals surface area contributed by atoms with E-state index in [1.54, 1.807) is 17.0 Å². The zero-order valence-corrected chi connectivity index (χ0v) is 5.00. The summed E-state index contributed by atoms with van der Waals surface area (Å²) in [5, 5.41) is 10.0. The lowest BCUT2D eigenvalue weighted by molar-refractivity contribution is 0.893. The molecular formula is C3H2N2S2. The summed E-state index contributed by atoms with van der Waals surface area (Å²) in [5.74, 6) is 0. The summed E-state index contributed by atoms with van der Waals surface area (Å²) in [6.07, 6.45) is 3.68. The first-order valence-electron chi connectivity index (χ1n) is 1.62. The van der Waals surface area contributed by atoms with E-state index in [0.717, 1.165) is 0 Å². The molecule has 0 atom stereocenters. The lowest BCUT2D eigenvalue weighted by Gasteiger charge is -1.93. The van der Waals surface area contributed by atoms with Crippen molar-refractivity contribution in [2.45, 2.75) is 0 Å². The van der Waals surface area contributed by atoms with Crippen molar-refractivity contribution >= 4 is 21.8 Å². The third-order valence-corrected chi connectivity index (χ3v) is 2.23. The van der Waals surface area contributed by atoms with Crippen LogP contribution in [0.3, 0.4) is 0 Å². The van der Waals surface area contributed by atoms with Crippen LogP contribution in [0, 0.1) is 11.5 Å². The van der Waals surface area contributed by atoms with Crippen LogP contribution in [0.15, 0.2) is 11.6 Å². The summed E-state index contributed by atoms with van der Waals surface area (Å²) >= 11 is 0. The first-order chi connectivity index (χ1) is 3.43. The Hall–Kier alpha value is -0.270. The van der Waals surface area contributed by atoms with Crippen LogP contribution in [-0.2, 0) is 0 Å². The van der Waals surface area contributed by atoms with Crippen LogP contribution in [0.2, 0.25) is 0 Å². The summed E-state index contributed by atoms with van der Waals surface area (Å²) < 4.78 is 1.49. The Labute approximate surface area is 49.7 Å². The number of hydrogen-bond donors (Lipinski definition) is 0. The van der Waals surface area contributed by atoms with Crippen molar-refractivity contribution in [3.05, 3.63) is 11.6 Å². The number of nitrogens with zero attached hydrogens (tertiary/aromatic N) is 2. The molecule has 0 N–H and O–H groups in total. The van der Waals surface area contributed by atoms with Crippen molar-refractivity contribution in [3.8, 4) is 6.19 Å². The van der Waals surface area contributed by atoms with Gasteiger partial charge in [-0.1, -0.05) is 0 Å². The molecule has 1 aliphatic rings. The highest BCUT2D eigenvalue weighted by Crippen LogP contribution is 2.32. The van der Waals surface area contributed by atoms with Gasteiger partial charge in [0.15, 0.2) is 6.19 Å². The molecule has 4 heteroatoms. The Morgan fingerprint density at radius 2 is 2.57 bits per heavy atom. The molecule has 0 aliphatic carbocycles. The van der Waals surface area contributed by atoms with E-state index in [1.165, 1.54) is 15.3 Å². The minimum atomic E-state index is 1.42. The van der Waals surface area contributed by atoms with Gasteiger partial charge in [0, 0.05) is 22.6 Å². The largest absolute Gasteiger partial charge is 0.217 e. The van der Waals surface area contributed by atoms with Crippen molar-refractivity contribution in [2.75, 3.05) is 0 Å². The fraction of sp³-hybridized carbons (Fsp3) is 0. The molecule has 1 rings (SSSR count). The molecule has 7 heavy (non-hydrogen) atoms. The summed E-state index contributed by atoms with van der Waals surface area (Å²) in [6.45, 7) is 0. The van der Waals surface area contributed by atoms with Crippen LogP contribution >= 0.6 is 21.8 Å². The highest BCUT2D eigenvalue weighted by molar-refractivity contribution is 8.77. The standard InChI is InChI=1S/C3H2N2S2/c4-3-5-1-2-6-7-5/h1-2H. The minimum absolute atomic E-state index is 1.42. The fourth-order valence-electron chi connectivity index (χ4n) is 0.226. The topological polar surface area (TPSA) is 27.0 Å². The second-order valence-electron chi connectivity index (χ2n) is 0.882. The highest BCUT2D eigenvalue weighted by atomic mass is 33.1. The molecule has 2 nitrogen and oxygen atoms in total. The molecule has 0 spiro atoms. The first kappa shape index (κ1) is 4.88. The maximum absolute atomic E-state index is 8.16. The van der Waals surface area contributed by atoms with Crippen molar-refractivity contribution in [3.63, 3.8) is 0 Å². The second-order valence-corrected chi connectivity index (χ2v) is 2.91. The Bertz CT molecular complexity index is 125. The molecule has 0 aromatic rings. The average molecular weight is 130 g/mol. The van der Waals surface area contributed by atoms with Gasteiger partial charge >= 0.3 is 0 Å². The van der Waals surface area contributed by atoms with Gasteiger partial charge in [-0.25, -0.2) is 4.31 Å². The molecule has 36 valence electrons. The zero-order valence-electron chi connectivity index (χ0n) is 3.37. The third-order valence-electron chi connectivity index (χ3n) is 0.474. The monoisotopic (exact) mass is 130 g/mol. The van der Waals surface area contributed by atoms with E-state index in [0.29, 0.717) is 0 Å². The maximum atomic E-state index is 8.16. The van der Waals surface area contributed by atoms with E-state index in [9.17, 15) is 0 Å². The molecule has 1 aliphatic heterocycles. The molecule has 0 radical (unpaired) electrons. The predicted octanol–water partition coefficient (Wildman–Crippen LogP) is 1.55. The summed E-state index contributed by atoms with van der Waals surface area (Å²) in [4.78, 5) is 0. The molecule has 0 aromatic heterocycles. The Morgan fingerprint density at radius 1 is 1.71 bits per heavy atom. The van der Waals surface area contributed by atoms with E-state index in [1.807, 2.05) is 11.6 Å². The van der Waals surface area contributed by atoms with Crippen LogP contribution in [0.5, 0.6) is 0 Å². The SMILES string of the molecule is N#CN1C=CSS1. The molecule has 0 fully saturated rings. The van der Waals surface area contributed by atoms with Gasteiger partial charge in [-0.05, 0) is 10.8 Å². The van der Waals surface area contributed by atoms with Gasteiger partial charge < -0.3 is 0 Å². The van der Waals surface area contributed by atoms with Crippen molar-refractivity contribution in [1.29, 1.82) is 5.26 Å². The summed E-state index contributed by atoms with van der Waals surface area (Å²) in [5.41, 5.74) is 0. The third kappa shape index (κ3) is 1.05. The van der Waals surface area contributed by atoms with Crippen molar-refractivity contribution < 1.29 is 0 Å². The smallest absolute Gasteiger partial charge is 0.195 e. The van der Waals surface area contributed by atoms with Crippen LogP contribution in [0.25, 0.3) is 0 Å². The van der Waals surface area contributed by atoms with Crippen molar-refractivity contribution in [2.24, 2.45) is 0 Å². The summed E-state index contributed by atoms with van der Waals surface area (Å²) in [7, 11) is 2.97. The molecule has 0 saturated heterocycles. The quantitative estimate of drug-likeness (QED) is 0.282. The van der Waals surface area contributed by atoms with E-state index < -0.39 is 0 Å². The maximum Gasteiger partial charge on any atom is 0.195 e. The molecule has 0 saturated carbocycles. The number of rotatable bonds is 0. The zero-order chi connectivity index (χ0) is 5.11. The van der Waals surface area contributed by atoms with Gasteiger partial charge in [-0.15, -0.1) is 0 Å². The second kappa shape index (κ2) is 2.15. The van der Waals surface area contributed by atoms with Gasteiger partial charge in [0.25, 0.3) is 0 Å². The predicted molar refractivity (Wildman–Crippen MR) is 31.8 cm³/mol. The molecular weight excluding hydrogens is 128 g/mol. The van der Waals surface area contributed by atoms with E-state index >= 15 is 0 Å². The Morgan fingerprint density at radius 3 is 2.86 bits per heavy atom. The highest BCUT2D eigenvalue weighted by Gasteiger charge is 2.01. The van der Waals surface area contributed by atoms with Crippen LogP contribution < -0.4 is 0 Å². The van der Waals surface area contributed by atoms with E-state index in [4.69, 9.17) is 5.26 Å². The lowest BCUT2D eigenvalue weighted by atomic mass is 11.0. The van der Waals surface area contributed by atoms with E-state index in [2.05, 4.69) is 0 Å². The van der Waals surface area contributed by atoms with Crippen LogP contribution in [0.1, 0.15) is 0 Å². The fourth-order valence-corrected chi connectivity index (χ4v) is 1.59. The van der Waals surface area contributed by atoms with Gasteiger partial charge in [-0.3, -0.25) is 0 Å². The molecule has 0 aromatic carbocycles. The Balaban J connectivity index is 2.47.